The zero-order chi connectivity index (χ0) is 0. The van der Waals surface area contributed by atoms with Gasteiger partial charge < -0.3 is 0 Å². The molecule has 0 aliphatic heterocycles. The first kappa shape index (κ1) is 50.9. The summed E-state index contributed by atoms with van der Waals surface area (Å²) in [5, 5.41) is 0. The molecular weight excluding hydrogens is 419 g/mol. The summed E-state index contributed by atoms with van der Waals surface area (Å²) >= 11 is 0. The number of rotatable bonds is 0. The Bertz CT molecular complexity index is 3.90. The Labute approximate surface area is 124 Å². The first-order valence-corrected chi connectivity index (χ1v) is 0. The van der Waals surface area contributed by atoms with E-state index in [9.17, 15) is 0 Å². The fourth-order valence-corrected chi connectivity index (χ4v) is 0. The van der Waals surface area contributed by atoms with Crippen LogP contribution in [0.3, 0.4) is 0 Å². The fourth-order valence-electron chi connectivity index (χ4n) is 0. The van der Waals surface area contributed by atoms with Crippen LogP contribution in [0.25, 0.3) is 0 Å². The van der Waals surface area contributed by atoms with Crippen LogP contribution in [0.4, 0.5) is 0 Å². The summed E-state index contributed by atoms with van der Waals surface area (Å²) in [6, 6.07) is 0. The van der Waals surface area contributed by atoms with Gasteiger partial charge in [-0.15, -0.1) is 0 Å². The van der Waals surface area contributed by atoms with E-state index in [1.807, 2.05) is 0 Å². The Morgan fingerprint density at radius 3 is 0.333 bits per heavy atom. The molecule has 0 atom stereocenters. The minimum Gasteiger partial charge on any atom is 0 e. The molecule has 0 aromatic heterocycles. The van der Waals surface area contributed by atoms with E-state index in [0.717, 1.165) is 0 Å². The second-order valence-electron chi connectivity index (χ2n) is 0. The second-order valence-corrected chi connectivity index (χ2v) is 0. The van der Waals surface area contributed by atoms with Crippen molar-refractivity contribution in [1.82, 2.24) is 0 Å². The van der Waals surface area contributed by atoms with Crippen LogP contribution in [0.1, 0.15) is 0 Å². The van der Waals surface area contributed by atoms with E-state index >= 15 is 0 Å². The zero-order valence-corrected chi connectivity index (χ0v) is 10.9. The van der Waals surface area contributed by atoms with Crippen molar-refractivity contribution in [1.29, 1.82) is 0 Å². The van der Waals surface area contributed by atoms with Crippen LogP contribution < -0.4 is 0 Å². The first-order chi connectivity index (χ1) is 0. The van der Waals surface area contributed by atoms with Gasteiger partial charge in [-0.1, -0.05) is 0 Å². The van der Waals surface area contributed by atoms with Gasteiger partial charge in [0.15, 0.2) is 0 Å². The second kappa shape index (κ2) is 36.1. The van der Waals surface area contributed by atoms with Crippen LogP contribution in [0.5, 0.6) is 0 Å². The van der Waals surface area contributed by atoms with Crippen LogP contribution in [-0.4, -0.2) is 0 Å². The van der Waals surface area contributed by atoms with E-state index in [4.69, 9.17) is 0 Å². The van der Waals surface area contributed by atoms with Crippen molar-refractivity contribution in [3.8, 4) is 0 Å². The van der Waals surface area contributed by atoms with Crippen molar-refractivity contribution in [2.45, 2.75) is 0 Å². The van der Waals surface area contributed by atoms with Gasteiger partial charge in [0.1, 0.15) is 0 Å². The Balaban J connectivity index is 0. The standard InChI is InChI=1S/Ce.5Fe. The first-order valence-electron chi connectivity index (χ1n) is 0. The van der Waals surface area contributed by atoms with Crippen LogP contribution >= 0.6 is 0 Å². The average Bonchev–Trinajstić information content (AvgIpc) is 0. The van der Waals surface area contributed by atoms with Crippen LogP contribution in [-0.2, 0) is 85.3 Å². The minimum atomic E-state index is 0. The molecule has 6 heteroatoms. The van der Waals surface area contributed by atoms with Gasteiger partial charge in [0.05, 0.1) is 0 Å². The van der Waals surface area contributed by atoms with Crippen molar-refractivity contribution in [2.75, 3.05) is 0 Å². The summed E-state index contributed by atoms with van der Waals surface area (Å²) < 4.78 is 0. The molecule has 0 aromatic rings. The Hall–Kier alpha value is 3.97. The van der Waals surface area contributed by atoms with Gasteiger partial charge in [0.25, 0.3) is 0 Å². The van der Waals surface area contributed by atoms with Crippen molar-refractivity contribution >= 4 is 0 Å². The average molecular weight is 419 g/mol. The summed E-state index contributed by atoms with van der Waals surface area (Å²) in [4.78, 5) is 0. The monoisotopic (exact) mass is 420 g/mol. The third-order valence-corrected chi connectivity index (χ3v) is 0. The van der Waals surface area contributed by atoms with Gasteiger partial charge in [0, 0.05) is 127 Å². The van der Waals surface area contributed by atoms with E-state index in [1.165, 1.54) is 0 Å². The fraction of sp³-hybridized carbons (Fsp3) is 0. The molecule has 44 valence electrons. The summed E-state index contributed by atoms with van der Waals surface area (Å²) in [7, 11) is 0. The molecule has 0 aliphatic carbocycles. The van der Waals surface area contributed by atoms with Gasteiger partial charge in [0.2, 0.25) is 0 Å². The molecule has 0 saturated carbocycles. The van der Waals surface area contributed by atoms with Gasteiger partial charge in [-0.3, -0.25) is 0 Å². The maximum absolute atomic E-state index is 0. The van der Waals surface area contributed by atoms with E-state index in [-0.39, 0.29) is 127 Å². The van der Waals surface area contributed by atoms with Crippen molar-refractivity contribution in [3.63, 3.8) is 0 Å². The topological polar surface area (TPSA) is 0 Å². The van der Waals surface area contributed by atoms with Gasteiger partial charge in [-0.25, -0.2) is 0 Å². The maximum Gasteiger partial charge on any atom is 0 e. The van der Waals surface area contributed by atoms with Crippen molar-refractivity contribution < 1.29 is 127 Å². The molecular formula is CeFe5. The van der Waals surface area contributed by atoms with Gasteiger partial charge >= 0.3 is 0 Å². The van der Waals surface area contributed by atoms with Crippen molar-refractivity contribution in [3.05, 3.63) is 0 Å². The van der Waals surface area contributed by atoms with Crippen LogP contribution in [0.2, 0.25) is 0 Å². The van der Waals surface area contributed by atoms with Crippen LogP contribution in [0, 0.1) is 41.7 Å². The Morgan fingerprint density at radius 1 is 0.333 bits per heavy atom. The predicted molar refractivity (Wildman–Crippen MR) is 0 cm³/mol. The molecule has 0 aliphatic rings. The molecule has 0 unspecified atom stereocenters. The molecule has 0 saturated heterocycles. The zero-order valence-electron chi connectivity index (χ0n) is 2.27. The SMILES string of the molecule is [Ce].[Fe].[Fe].[Fe].[Fe].[Fe]. The molecule has 0 nitrogen and oxygen atoms in total. The Morgan fingerprint density at radius 2 is 0.333 bits per heavy atom. The largest absolute Gasteiger partial charge is 0 e. The molecule has 0 N–H and O–H groups in total. The smallest absolute Gasteiger partial charge is 0 e. The Kier molecular flexibility index (Phi) is 306. The van der Waals surface area contributed by atoms with E-state index in [2.05, 4.69) is 0 Å². The quantitative estimate of drug-likeness (QED) is 0.485. The molecule has 0 fully saturated rings. The summed E-state index contributed by atoms with van der Waals surface area (Å²) in [6.45, 7) is 0. The maximum atomic E-state index is 0. The molecule has 0 spiro atoms. The molecule has 0 radical (unpaired) electrons. The number of hydrogen-bond donors (Lipinski definition) is 0. The summed E-state index contributed by atoms with van der Waals surface area (Å²) in [5.41, 5.74) is 0. The van der Waals surface area contributed by atoms with E-state index < -0.39 is 0 Å². The van der Waals surface area contributed by atoms with E-state index in [0.29, 0.717) is 0 Å². The van der Waals surface area contributed by atoms with Crippen LogP contribution in [0.15, 0.2) is 0 Å². The molecule has 6 heavy (non-hydrogen) atoms. The van der Waals surface area contributed by atoms with E-state index in [1.54, 1.807) is 0 Å². The normalized spacial score (nSPS) is 0. The summed E-state index contributed by atoms with van der Waals surface area (Å²) in [6.07, 6.45) is 0. The predicted octanol–water partition coefficient (Wildman–Crippen LogP) is -0.0125. The van der Waals surface area contributed by atoms with Gasteiger partial charge in [-0.05, 0) is 0 Å². The van der Waals surface area contributed by atoms with Crippen molar-refractivity contribution in [2.24, 2.45) is 0 Å². The molecule has 0 rings (SSSR count). The molecule has 0 amide bonds. The summed E-state index contributed by atoms with van der Waals surface area (Å²) in [5.74, 6) is 0. The third-order valence-electron chi connectivity index (χ3n) is 0. The van der Waals surface area contributed by atoms with Gasteiger partial charge in [-0.2, -0.15) is 0 Å². The minimum absolute atomic E-state index is 0. The number of hydrogen-bond acceptors (Lipinski definition) is 0. The molecule has 0 heterocycles. The third kappa shape index (κ3) is 24.6. The molecule has 0 bridgehead atoms. The molecule has 0 aromatic carbocycles.